The number of anilines is 1. The first-order chi connectivity index (χ1) is 8.27. The lowest BCUT2D eigenvalue weighted by atomic mass is 10.1. The Kier molecular flexibility index (Phi) is 2.37. The van der Waals surface area contributed by atoms with Gasteiger partial charge in [-0.1, -0.05) is 40.2 Å². The fourth-order valence-electron chi connectivity index (χ4n) is 1.94. The van der Waals surface area contributed by atoms with Crippen LogP contribution in [0.15, 0.2) is 53.1 Å². The van der Waals surface area contributed by atoms with Gasteiger partial charge >= 0.3 is 0 Å². The summed E-state index contributed by atoms with van der Waals surface area (Å²) >= 11 is 3.54. The first kappa shape index (κ1) is 10.4. The molecular formula is C13H10BrN3. The Balaban J connectivity index is 2.38. The number of imidazole rings is 1. The standard InChI is InChI=1S/C13H10BrN3/c14-10-6-2-1-5-9(10)12-13(15)16-11-7-3-4-8-17(11)12/h1-8H,15H2. The number of aromatic nitrogens is 2. The van der Waals surface area contributed by atoms with E-state index < -0.39 is 0 Å². The molecule has 2 heterocycles. The van der Waals surface area contributed by atoms with Crippen LogP contribution in [0, 0.1) is 0 Å². The molecule has 0 saturated carbocycles. The molecule has 84 valence electrons. The largest absolute Gasteiger partial charge is 0.382 e. The maximum Gasteiger partial charge on any atom is 0.150 e. The highest BCUT2D eigenvalue weighted by molar-refractivity contribution is 9.10. The zero-order chi connectivity index (χ0) is 11.8. The summed E-state index contributed by atoms with van der Waals surface area (Å²) in [4.78, 5) is 4.35. The minimum absolute atomic E-state index is 0.545. The maximum absolute atomic E-state index is 6.00. The number of benzene rings is 1. The first-order valence-corrected chi connectivity index (χ1v) is 6.04. The van der Waals surface area contributed by atoms with Crippen molar-refractivity contribution < 1.29 is 0 Å². The number of halogens is 1. The molecule has 0 saturated heterocycles. The Labute approximate surface area is 107 Å². The Bertz CT molecular complexity index is 688. The molecule has 4 heteroatoms. The van der Waals surface area contributed by atoms with E-state index in [-0.39, 0.29) is 0 Å². The lowest BCUT2D eigenvalue weighted by Crippen LogP contribution is -1.92. The van der Waals surface area contributed by atoms with Crippen LogP contribution in [0.5, 0.6) is 0 Å². The summed E-state index contributed by atoms with van der Waals surface area (Å²) in [6.07, 6.45) is 1.97. The molecule has 2 aromatic heterocycles. The van der Waals surface area contributed by atoms with Gasteiger partial charge in [0.05, 0.1) is 5.69 Å². The van der Waals surface area contributed by atoms with E-state index >= 15 is 0 Å². The van der Waals surface area contributed by atoms with Gasteiger partial charge in [-0.3, -0.25) is 4.40 Å². The molecule has 0 unspecified atom stereocenters. The lowest BCUT2D eigenvalue weighted by molar-refractivity contribution is 1.19. The van der Waals surface area contributed by atoms with Crippen LogP contribution < -0.4 is 5.73 Å². The predicted molar refractivity (Wildman–Crippen MR) is 72.7 cm³/mol. The van der Waals surface area contributed by atoms with Gasteiger partial charge in [0.2, 0.25) is 0 Å². The summed E-state index contributed by atoms with van der Waals surface area (Å²) in [6, 6.07) is 13.8. The number of nitrogen functional groups attached to an aromatic ring is 1. The van der Waals surface area contributed by atoms with Crippen molar-refractivity contribution in [3.05, 3.63) is 53.1 Å². The van der Waals surface area contributed by atoms with E-state index in [1.54, 1.807) is 0 Å². The number of hydrogen-bond acceptors (Lipinski definition) is 2. The van der Waals surface area contributed by atoms with Crippen molar-refractivity contribution in [1.29, 1.82) is 0 Å². The van der Waals surface area contributed by atoms with Gasteiger partial charge in [0.25, 0.3) is 0 Å². The molecule has 0 aliphatic heterocycles. The first-order valence-electron chi connectivity index (χ1n) is 5.25. The molecule has 2 N–H and O–H groups in total. The molecule has 0 amide bonds. The molecule has 0 radical (unpaired) electrons. The quantitative estimate of drug-likeness (QED) is 0.746. The van der Waals surface area contributed by atoms with Crippen LogP contribution in [0.1, 0.15) is 0 Å². The van der Waals surface area contributed by atoms with Crippen molar-refractivity contribution in [3.8, 4) is 11.3 Å². The fourth-order valence-corrected chi connectivity index (χ4v) is 2.41. The molecule has 3 rings (SSSR count). The van der Waals surface area contributed by atoms with Gasteiger partial charge < -0.3 is 5.73 Å². The van der Waals surface area contributed by atoms with Crippen LogP contribution >= 0.6 is 15.9 Å². The van der Waals surface area contributed by atoms with Gasteiger partial charge in [-0.25, -0.2) is 4.98 Å². The second kappa shape index (κ2) is 3.89. The van der Waals surface area contributed by atoms with Gasteiger partial charge in [-0.15, -0.1) is 0 Å². The van der Waals surface area contributed by atoms with Crippen LogP contribution in [0.4, 0.5) is 5.82 Å². The van der Waals surface area contributed by atoms with Crippen molar-refractivity contribution in [2.24, 2.45) is 0 Å². The second-order valence-electron chi connectivity index (χ2n) is 3.75. The topological polar surface area (TPSA) is 43.3 Å². The van der Waals surface area contributed by atoms with Crippen molar-refractivity contribution in [2.45, 2.75) is 0 Å². The average molecular weight is 288 g/mol. The Morgan fingerprint density at radius 1 is 1.06 bits per heavy atom. The second-order valence-corrected chi connectivity index (χ2v) is 4.61. The minimum Gasteiger partial charge on any atom is -0.382 e. The number of nitrogens with two attached hydrogens (primary N) is 1. The molecule has 0 fully saturated rings. The van der Waals surface area contributed by atoms with E-state index in [9.17, 15) is 0 Å². The van der Waals surface area contributed by atoms with Crippen LogP contribution in [-0.4, -0.2) is 9.38 Å². The number of fused-ring (bicyclic) bond motifs is 1. The van der Waals surface area contributed by atoms with Crippen molar-refractivity contribution in [3.63, 3.8) is 0 Å². The normalized spacial score (nSPS) is 10.9. The minimum atomic E-state index is 0.545. The van der Waals surface area contributed by atoms with E-state index in [0.717, 1.165) is 21.4 Å². The third-order valence-electron chi connectivity index (χ3n) is 2.69. The summed E-state index contributed by atoms with van der Waals surface area (Å²) < 4.78 is 3.01. The molecule has 3 nitrogen and oxygen atoms in total. The molecule has 0 bridgehead atoms. The van der Waals surface area contributed by atoms with Crippen molar-refractivity contribution >= 4 is 27.4 Å². The lowest BCUT2D eigenvalue weighted by Gasteiger charge is -2.05. The van der Waals surface area contributed by atoms with E-state index in [4.69, 9.17) is 5.73 Å². The zero-order valence-electron chi connectivity index (χ0n) is 8.97. The SMILES string of the molecule is Nc1nc2ccccn2c1-c1ccccc1Br. The number of rotatable bonds is 1. The molecule has 1 aromatic carbocycles. The molecule has 0 aliphatic carbocycles. The highest BCUT2D eigenvalue weighted by atomic mass is 79.9. The van der Waals surface area contributed by atoms with E-state index in [1.807, 2.05) is 53.1 Å². The van der Waals surface area contributed by atoms with Crippen molar-refractivity contribution in [2.75, 3.05) is 5.73 Å². The summed E-state index contributed by atoms with van der Waals surface area (Å²) in [6.45, 7) is 0. The Morgan fingerprint density at radius 2 is 1.82 bits per heavy atom. The molecular weight excluding hydrogens is 278 g/mol. The van der Waals surface area contributed by atoms with Gasteiger partial charge in [0.15, 0.2) is 5.82 Å². The third-order valence-corrected chi connectivity index (χ3v) is 3.38. The van der Waals surface area contributed by atoms with Gasteiger partial charge in [0.1, 0.15) is 5.65 Å². The number of pyridine rings is 1. The molecule has 0 spiro atoms. The van der Waals surface area contributed by atoms with Crippen LogP contribution in [0.25, 0.3) is 16.9 Å². The van der Waals surface area contributed by atoms with E-state index in [2.05, 4.69) is 20.9 Å². The van der Waals surface area contributed by atoms with Crippen LogP contribution in [-0.2, 0) is 0 Å². The summed E-state index contributed by atoms with van der Waals surface area (Å²) in [5.41, 5.74) is 8.83. The van der Waals surface area contributed by atoms with E-state index in [0.29, 0.717) is 5.82 Å². The molecule has 3 aromatic rings. The summed E-state index contributed by atoms with van der Waals surface area (Å²) in [5, 5.41) is 0. The molecule has 0 atom stereocenters. The van der Waals surface area contributed by atoms with E-state index in [1.165, 1.54) is 0 Å². The Morgan fingerprint density at radius 3 is 2.65 bits per heavy atom. The number of hydrogen-bond donors (Lipinski definition) is 1. The van der Waals surface area contributed by atoms with Crippen LogP contribution in [0.3, 0.4) is 0 Å². The molecule has 17 heavy (non-hydrogen) atoms. The molecule has 0 aliphatic rings. The summed E-state index contributed by atoms with van der Waals surface area (Å²) in [7, 11) is 0. The third kappa shape index (κ3) is 1.61. The van der Waals surface area contributed by atoms with Gasteiger partial charge in [0, 0.05) is 16.2 Å². The monoisotopic (exact) mass is 287 g/mol. The van der Waals surface area contributed by atoms with Crippen molar-refractivity contribution in [1.82, 2.24) is 9.38 Å². The number of nitrogens with zero attached hydrogens (tertiary/aromatic N) is 2. The maximum atomic E-state index is 6.00. The Hall–Kier alpha value is -1.81. The van der Waals surface area contributed by atoms with Crippen LogP contribution in [0.2, 0.25) is 0 Å². The zero-order valence-corrected chi connectivity index (χ0v) is 10.6. The fraction of sp³-hybridized carbons (Fsp3) is 0. The van der Waals surface area contributed by atoms with Gasteiger partial charge in [-0.05, 0) is 18.2 Å². The highest BCUT2D eigenvalue weighted by Crippen LogP contribution is 2.32. The smallest absolute Gasteiger partial charge is 0.150 e. The summed E-state index contributed by atoms with van der Waals surface area (Å²) in [5.74, 6) is 0.545. The van der Waals surface area contributed by atoms with Gasteiger partial charge in [-0.2, -0.15) is 0 Å². The predicted octanol–water partition coefficient (Wildman–Crippen LogP) is 3.35. The average Bonchev–Trinajstić information content (AvgIpc) is 2.66. The highest BCUT2D eigenvalue weighted by Gasteiger charge is 2.13.